The van der Waals surface area contributed by atoms with E-state index in [-0.39, 0.29) is 5.91 Å². The van der Waals surface area contributed by atoms with Gasteiger partial charge in [-0.3, -0.25) is 9.69 Å². The van der Waals surface area contributed by atoms with E-state index in [2.05, 4.69) is 27.1 Å². The third-order valence-corrected chi connectivity index (χ3v) is 3.33. The van der Waals surface area contributed by atoms with E-state index in [1.54, 1.807) is 12.1 Å². The predicted molar refractivity (Wildman–Crippen MR) is 74.9 cm³/mol. The molecule has 1 amide bonds. The Morgan fingerprint density at radius 3 is 2.74 bits per heavy atom. The Morgan fingerprint density at radius 2 is 2.11 bits per heavy atom. The highest BCUT2D eigenvalue weighted by molar-refractivity contribution is 5.92. The van der Waals surface area contributed by atoms with Crippen LogP contribution < -0.4 is 11.1 Å². The van der Waals surface area contributed by atoms with Crippen molar-refractivity contribution < 1.29 is 4.79 Å². The molecule has 1 aliphatic heterocycles. The summed E-state index contributed by atoms with van der Waals surface area (Å²) in [7, 11) is 2.13. The lowest BCUT2D eigenvalue weighted by Gasteiger charge is -2.32. The fourth-order valence-electron chi connectivity index (χ4n) is 2.03. The lowest BCUT2D eigenvalue weighted by Crippen LogP contribution is -2.46. The van der Waals surface area contributed by atoms with Crippen molar-refractivity contribution in [1.82, 2.24) is 20.1 Å². The summed E-state index contributed by atoms with van der Waals surface area (Å²) in [6.45, 7) is 5.84. The molecule has 6 nitrogen and oxygen atoms in total. The van der Waals surface area contributed by atoms with Gasteiger partial charge in [0.25, 0.3) is 5.91 Å². The first-order valence-electron chi connectivity index (χ1n) is 6.56. The summed E-state index contributed by atoms with van der Waals surface area (Å²) < 4.78 is 0. The van der Waals surface area contributed by atoms with Crippen molar-refractivity contribution in [2.24, 2.45) is 0 Å². The van der Waals surface area contributed by atoms with Gasteiger partial charge in [-0.25, -0.2) is 4.98 Å². The quantitative estimate of drug-likeness (QED) is 0.776. The van der Waals surface area contributed by atoms with Crippen LogP contribution in [0.3, 0.4) is 0 Å². The molecule has 1 aromatic rings. The normalized spacial score (nSPS) is 17.3. The van der Waals surface area contributed by atoms with Gasteiger partial charge in [-0.2, -0.15) is 0 Å². The van der Waals surface area contributed by atoms with Gasteiger partial charge in [0.15, 0.2) is 0 Å². The number of nitrogens with two attached hydrogens (primary N) is 1. The van der Waals surface area contributed by atoms with Crippen LogP contribution in [0.4, 0.5) is 5.69 Å². The molecule has 2 heterocycles. The smallest absolute Gasteiger partial charge is 0.269 e. The van der Waals surface area contributed by atoms with Gasteiger partial charge in [-0.15, -0.1) is 0 Å². The maximum absolute atomic E-state index is 11.8. The Balaban J connectivity index is 1.70. The van der Waals surface area contributed by atoms with Crippen LogP contribution >= 0.6 is 0 Å². The van der Waals surface area contributed by atoms with Crippen LogP contribution in [0.15, 0.2) is 18.3 Å². The van der Waals surface area contributed by atoms with Crippen LogP contribution in [0.2, 0.25) is 0 Å². The molecule has 1 fully saturated rings. The van der Waals surface area contributed by atoms with E-state index in [1.165, 1.54) is 6.20 Å². The average Bonchev–Trinajstić information content (AvgIpc) is 2.41. The molecule has 0 radical (unpaired) electrons. The SMILES string of the molecule is CN1CCN(CCNC(=O)c2ccc(N)cn2)CC1. The van der Waals surface area contributed by atoms with Crippen molar-refractivity contribution in [2.45, 2.75) is 0 Å². The summed E-state index contributed by atoms with van der Waals surface area (Å²) in [6, 6.07) is 3.32. The lowest BCUT2D eigenvalue weighted by atomic mass is 10.3. The van der Waals surface area contributed by atoms with E-state index in [0.29, 0.717) is 17.9 Å². The molecular weight excluding hydrogens is 242 g/mol. The van der Waals surface area contributed by atoms with Crippen molar-refractivity contribution in [3.63, 3.8) is 0 Å². The number of carbonyl (C=O) groups is 1. The maximum atomic E-state index is 11.8. The molecule has 1 saturated heterocycles. The number of nitrogen functional groups attached to an aromatic ring is 1. The standard InChI is InChI=1S/C13H21N5O/c1-17-6-8-18(9-7-17)5-4-15-13(19)12-3-2-11(14)10-16-12/h2-3,10H,4-9,14H2,1H3,(H,15,19). The average molecular weight is 263 g/mol. The molecule has 0 bridgehead atoms. The first-order chi connectivity index (χ1) is 9.15. The van der Waals surface area contributed by atoms with E-state index in [0.717, 1.165) is 32.7 Å². The van der Waals surface area contributed by atoms with Crippen LogP contribution in [0.1, 0.15) is 10.5 Å². The summed E-state index contributed by atoms with van der Waals surface area (Å²) >= 11 is 0. The molecule has 19 heavy (non-hydrogen) atoms. The summed E-state index contributed by atoms with van der Waals surface area (Å²) in [4.78, 5) is 20.5. The first-order valence-corrected chi connectivity index (χ1v) is 6.56. The molecule has 2 rings (SSSR count). The molecule has 3 N–H and O–H groups in total. The number of anilines is 1. The molecular formula is C13H21N5O. The second-order valence-corrected chi connectivity index (χ2v) is 4.88. The van der Waals surface area contributed by atoms with E-state index in [4.69, 9.17) is 5.73 Å². The summed E-state index contributed by atoms with van der Waals surface area (Å²) in [5.74, 6) is -0.144. The fraction of sp³-hybridized carbons (Fsp3) is 0.538. The molecule has 0 spiro atoms. The number of likely N-dealkylation sites (N-methyl/N-ethyl adjacent to an activating group) is 1. The lowest BCUT2D eigenvalue weighted by molar-refractivity contribution is 0.0936. The molecule has 6 heteroatoms. The van der Waals surface area contributed by atoms with Gasteiger partial charge in [0.2, 0.25) is 0 Å². The maximum Gasteiger partial charge on any atom is 0.269 e. The molecule has 0 aromatic carbocycles. The minimum Gasteiger partial charge on any atom is -0.397 e. The molecule has 0 atom stereocenters. The monoisotopic (exact) mass is 263 g/mol. The van der Waals surface area contributed by atoms with Crippen molar-refractivity contribution in [1.29, 1.82) is 0 Å². The van der Waals surface area contributed by atoms with Gasteiger partial charge in [0, 0.05) is 39.3 Å². The van der Waals surface area contributed by atoms with Crippen LogP contribution in [-0.2, 0) is 0 Å². The molecule has 0 aliphatic carbocycles. The number of rotatable bonds is 4. The Bertz CT molecular complexity index is 412. The minimum absolute atomic E-state index is 0.144. The van der Waals surface area contributed by atoms with Gasteiger partial charge in [0.05, 0.1) is 11.9 Å². The second-order valence-electron chi connectivity index (χ2n) is 4.88. The van der Waals surface area contributed by atoms with Crippen LogP contribution in [0, 0.1) is 0 Å². The van der Waals surface area contributed by atoms with E-state index in [9.17, 15) is 4.79 Å². The molecule has 0 unspecified atom stereocenters. The van der Waals surface area contributed by atoms with Crippen molar-refractivity contribution >= 4 is 11.6 Å². The number of nitrogens with one attached hydrogen (secondary N) is 1. The topological polar surface area (TPSA) is 74.5 Å². The number of pyridine rings is 1. The number of amides is 1. The van der Waals surface area contributed by atoms with Crippen LogP contribution in [-0.4, -0.2) is 67.0 Å². The van der Waals surface area contributed by atoms with E-state index in [1.807, 2.05) is 0 Å². The van der Waals surface area contributed by atoms with Gasteiger partial charge < -0.3 is 16.0 Å². The fourth-order valence-corrected chi connectivity index (χ4v) is 2.03. The second kappa shape index (κ2) is 6.49. The Kier molecular flexibility index (Phi) is 4.70. The van der Waals surface area contributed by atoms with Crippen molar-refractivity contribution in [3.05, 3.63) is 24.0 Å². The van der Waals surface area contributed by atoms with E-state index < -0.39 is 0 Å². The Labute approximate surface area is 113 Å². The third-order valence-electron chi connectivity index (χ3n) is 3.33. The zero-order chi connectivity index (χ0) is 13.7. The number of nitrogens with zero attached hydrogens (tertiary/aromatic N) is 3. The number of carbonyl (C=O) groups excluding carboxylic acids is 1. The third kappa shape index (κ3) is 4.18. The first kappa shape index (κ1) is 13.8. The number of piperazine rings is 1. The summed E-state index contributed by atoms with van der Waals surface area (Å²) in [6.07, 6.45) is 1.50. The molecule has 1 aliphatic rings. The van der Waals surface area contributed by atoms with Crippen LogP contribution in [0.25, 0.3) is 0 Å². The van der Waals surface area contributed by atoms with Crippen molar-refractivity contribution in [3.8, 4) is 0 Å². The molecule has 0 saturated carbocycles. The molecule has 1 aromatic heterocycles. The summed E-state index contributed by atoms with van der Waals surface area (Å²) in [5, 5.41) is 2.88. The highest BCUT2D eigenvalue weighted by atomic mass is 16.1. The number of hydrogen-bond donors (Lipinski definition) is 2. The van der Waals surface area contributed by atoms with Gasteiger partial charge in [-0.05, 0) is 19.2 Å². The molecule has 104 valence electrons. The zero-order valence-electron chi connectivity index (χ0n) is 11.3. The van der Waals surface area contributed by atoms with Crippen molar-refractivity contribution in [2.75, 3.05) is 52.0 Å². The van der Waals surface area contributed by atoms with Crippen LogP contribution in [0.5, 0.6) is 0 Å². The van der Waals surface area contributed by atoms with Gasteiger partial charge >= 0.3 is 0 Å². The minimum atomic E-state index is -0.144. The highest BCUT2D eigenvalue weighted by Gasteiger charge is 2.13. The largest absolute Gasteiger partial charge is 0.397 e. The number of hydrogen-bond acceptors (Lipinski definition) is 5. The highest BCUT2D eigenvalue weighted by Crippen LogP contribution is 2.01. The Hall–Kier alpha value is -1.66. The van der Waals surface area contributed by atoms with E-state index >= 15 is 0 Å². The number of aromatic nitrogens is 1. The predicted octanol–water partition coefficient (Wildman–Crippen LogP) is -0.359. The Morgan fingerprint density at radius 1 is 1.37 bits per heavy atom. The summed E-state index contributed by atoms with van der Waals surface area (Å²) in [5.41, 5.74) is 6.50. The van der Waals surface area contributed by atoms with Gasteiger partial charge in [0.1, 0.15) is 5.69 Å². The zero-order valence-corrected chi connectivity index (χ0v) is 11.3. The van der Waals surface area contributed by atoms with Gasteiger partial charge in [-0.1, -0.05) is 0 Å².